The highest BCUT2D eigenvalue weighted by atomic mass is 35.5. The lowest BCUT2D eigenvalue weighted by Gasteiger charge is -2.32. The summed E-state index contributed by atoms with van der Waals surface area (Å²) in [6.07, 6.45) is -1.63. The lowest BCUT2D eigenvalue weighted by molar-refractivity contribution is -0.143. The number of nitrogens with two attached hydrogens (primary N) is 1. The Kier molecular flexibility index (Phi) is 4.24. The van der Waals surface area contributed by atoms with E-state index in [0.29, 0.717) is 23.5 Å². The van der Waals surface area contributed by atoms with Gasteiger partial charge in [-0.25, -0.2) is 4.68 Å². The number of anilines is 1. The Bertz CT molecular complexity index is 545. The second-order valence-corrected chi connectivity index (χ2v) is 5.15. The molecule has 0 aliphatic carbocycles. The molecule has 2 heterocycles. The van der Waals surface area contributed by atoms with Crippen LogP contribution >= 0.6 is 11.6 Å². The van der Waals surface area contributed by atoms with Crippen molar-refractivity contribution < 1.29 is 13.2 Å². The van der Waals surface area contributed by atoms with Crippen LogP contribution in [0.5, 0.6) is 0 Å². The number of nitrogens with zero attached hydrogens (tertiary/aromatic N) is 3. The monoisotopic (exact) mass is 310 g/mol. The summed E-state index contributed by atoms with van der Waals surface area (Å²) in [6.45, 7) is -0.298. The van der Waals surface area contributed by atoms with Gasteiger partial charge in [0.1, 0.15) is 11.6 Å². The lowest BCUT2D eigenvalue weighted by atomic mass is 10.1. The molecule has 112 valence electrons. The van der Waals surface area contributed by atoms with Crippen LogP contribution in [-0.2, 0) is 6.54 Å². The fraction of sp³-hybridized carbons (Fsp3) is 0.636. The fourth-order valence-electron chi connectivity index (χ4n) is 2.19. The van der Waals surface area contributed by atoms with Gasteiger partial charge in [-0.3, -0.25) is 4.79 Å². The fourth-order valence-corrected chi connectivity index (χ4v) is 2.45. The number of hydrogen-bond donors (Lipinski definition) is 1. The van der Waals surface area contributed by atoms with E-state index in [1.54, 1.807) is 4.90 Å². The van der Waals surface area contributed by atoms with Gasteiger partial charge in [0.2, 0.25) is 0 Å². The molecule has 0 radical (unpaired) electrons. The summed E-state index contributed by atoms with van der Waals surface area (Å²) in [5.74, 6) is 0. The topological polar surface area (TPSA) is 64.2 Å². The van der Waals surface area contributed by atoms with Crippen LogP contribution in [0.2, 0.25) is 5.02 Å². The van der Waals surface area contributed by atoms with Crippen LogP contribution in [0, 0.1) is 0 Å². The molecule has 9 heteroatoms. The van der Waals surface area contributed by atoms with E-state index in [2.05, 4.69) is 5.10 Å². The summed E-state index contributed by atoms with van der Waals surface area (Å²) in [5, 5.41) is 3.29. The molecule has 2 rings (SSSR count). The van der Waals surface area contributed by atoms with E-state index in [1.807, 2.05) is 0 Å². The summed E-state index contributed by atoms with van der Waals surface area (Å²) >= 11 is 5.89. The predicted molar refractivity (Wildman–Crippen MR) is 69.0 cm³/mol. The second kappa shape index (κ2) is 5.61. The number of aromatic nitrogens is 2. The molecule has 2 N–H and O–H groups in total. The van der Waals surface area contributed by atoms with Crippen molar-refractivity contribution in [3.8, 4) is 0 Å². The van der Waals surface area contributed by atoms with E-state index >= 15 is 0 Å². The number of piperidine rings is 1. The largest absolute Gasteiger partial charge is 0.408 e. The zero-order valence-corrected chi connectivity index (χ0v) is 11.3. The van der Waals surface area contributed by atoms with Gasteiger partial charge in [0.25, 0.3) is 5.56 Å². The average Bonchev–Trinajstić information content (AvgIpc) is 2.34. The Hall–Kier alpha value is -1.28. The third-order valence-corrected chi connectivity index (χ3v) is 3.45. The summed E-state index contributed by atoms with van der Waals surface area (Å²) in [4.78, 5) is 13.6. The quantitative estimate of drug-likeness (QED) is 0.896. The van der Waals surface area contributed by atoms with Gasteiger partial charge in [-0.15, -0.1) is 0 Å². The molecular weight excluding hydrogens is 297 g/mol. The van der Waals surface area contributed by atoms with Crippen molar-refractivity contribution in [2.75, 3.05) is 18.0 Å². The molecule has 0 amide bonds. The minimum atomic E-state index is -4.52. The van der Waals surface area contributed by atoms with Crippen LogP contribution < -0.4 is 16.2 Å². The number of hydrogen-bond acceptors (Lipinski definition) is 4. The first-order chi connectivity index (χ1) is 9.28. The normalized spacial score (nSPS) is 20.2. The van der Waals surface area contributed by atoms with Crippen molar-refractivity contribution in [3.05, 3.63) is 21.6 Å². The Morgan fingerprint density at radius 2 is 2.20 bits per heavy atom. The number of rotatable bonds is 2. The summed E-state index contributed by atoms with van der Waals surface area (Å²) in [6, 6.07) is -0.0441. The van der Waals surface area contributed by atoms with Gasteiger partial charge in [0, 0.05) is 19.1 Å². The highest BCUT2D eigenvalue weighted by Crippen LogP contribution is 2.25. The van der Waals surface area contributed by atoms with Crippen molar-refractivity contribution in [3.63, 3.8) is 0 Å². The number of alkyl halides is 3. The van der Waals surface area contributed by atoms with E-state index in [1.165, 1.54) is 6.20 Å². The molecular formula is C11H14ClF3N4O. The zero-order valence-electron chi connectivity index (χ0n) is 10.5. The molecule has 1 unspecified atom stereocenters. The van der Waals surface area contributed by atoms with Crippen LogP contribution in [0.25, 0.3) is 0 Å². The average molecular weight is 311 g/mol. The van der Waals surface area contributed by atoms with Crippen molar-refractivity contribution in [2.24, 2.45) is 5.73 Å². The maximum atomic E-state index is 12.3. The van der Waals surface area contributed by atoms with Crippen molar-refractivity contribution in [1.29, 1.82) is 0 Å². The minimum Gasteiger partial charge on any atom is -0.367 e. The maximum Gasteiger partial charge on any atom is 0.408 e. The van der Waals surface area contributed by atoms with Crippen LogP contribution in [0.15, 0.2) is 11.0 Å². The predicted octanol–water partition coefficient (Wildman–Crippen LogP) is 1.39. The molecule has 1 aliphatic heterocycles. The van der Waals surface area contributed by atoms with Gasteiger partial charge < -0.3 is 10.6 Å². The molecule has 0 aromatic carbocycles. The van der Waals surface area contributed by atoms with E-state index in [0.717, 1.165) is 12.8 Å². The summed E-state index contributed by atoms with van der Waals surface area (Å²) < 4.78 is 37.2. The van der Waals surface area contributed by atoms with E-state index < -0.39 is 18.3 Å². The van der Waals surface area contributed by atoms with Crippen LogP contribution in [-0.4, -0.2) is 35.1 Å². The van der Waals surface area contributed by atoms with Gasteiger partial charge in [0.05, 0.1) is 11.9 Å². The Morgan fingerprint density at radius 3 is 2.80 bits per heavy atom. The molecule has 1 aromatic heterocycles. The van der Waals surface area contributed by atoms with Gasteiger partial charge >= 0.3 is 6.18 Å². The van der Waals surface area contributed by atoms with E-state index in [-0.39, 0.29) is 11.1 Å². The standard InChI is InChI=1S/C11H14ClF3N4O/c12-9-8(18-3-1-2-7(16)5-18)4-17-19(10(9)20)6-11(13,14)15/h4,7H,1-3,5-6,16H2. The third kappa shape index (κ3) is 3.43. The minimum absolute atomic E-state index is 0.0441. The Balaban J connectivity index is 2.29. The molecule has 1 aromatic rings. The maximum absolute atomic E-state index is 12.3. The van der Waals surface area contributed by atoms with Crippen molar-refractivity contribution in [2.45, 2.75) is 31.6 Å². The molecule has 1 aliphatic rings. The lowest BCUT2D eigenvalue weighted by Crippen LogP contribution is -2.44. The van der Waals surface area contributed by atoms with Crippen molar-refractivity contribution >= 4 is 17.3 Å². The molecule has 5 nitrogen and oxygen atoms in total. The first-order valence-electron chi connectivity index (χ1n) is 6.11. The smallest absolute Gasteiger partial charge is 0.367 e. The highest BCUT2D eigenvalue weighted by molar-refractivity contribution is 6.33. The highest BCUT2D eigenvalue weighted by Gasteiger charge is 2.30. The molecule has 20 heavy (non-hydrogen) atoms. The molecule has 0 spiro atoms. The molecule has 1 fully saturated rings. The van der Waals surface area contributed by atoms with E-state index in [9.17, 15) is 18.0 Å². The van der Waals surface area contributed by atoms with Gasteiger partial charge in [-0.05, 0) is 12.8 Å². The van der Waals surface area contributed by atoms with Gasteiger partial charge in [0.15, 0.2) is 0 Å². The SMILES string of the molecule is NC1CCCN(c2cnn(CC(F)(F)F)c(=O)c2Cl)C1. The second-order valence-electron chi connectivity index (χ2n) is 4.77. The van der Waals surface area contributed by atoms with Crippen LogP contribution in [0.4, 0.5) is 18.9 Å². The van der Waals surface area contributed by atoms with Gasteiger partial charge in [-0.2, -0.15) is 18.3 Å². The zero-order chi connectivity index (χ0) is 14.9. The molecule has 1 saturated heterocycles. The number of halogens is 4. The summed E-state index contributed by atoms with van der Waals surface area (Å²) in [5.41, 5.74) is 5.22. The van der Waals surface area contributed by atoms with Gasteiger partial charge in [-0.1, -0.05) is 11.6 Å². The van der Waals surface area contributed by atoms with Crippen molar-refractivity contribution in [1.82, 2.24) is 9.78 Å². The van der Waals surface area contributed by atoms with Crippen LogP contribution in [0.1, 0.15) is 12.8 Å². The Labute approximate surface area is 118 Å². The molecule has 1 atom stereocenters. The molecule has 0 saturated carbocycles. The first kappa shape index (κ1) is 15.1. The third-order valence-electron chi connectivity index (χ3n) is 3.09. The summed E-state index contributed by atoms with van der Waals surface area (Å²) in [7, 11) is 0. The van der Waals surface area contributed by atoms with E-state index in [4.69, 9.17) is 17.3 Å². The first-order valence-corrected chi connectivity index (χ1v) is 6.48. The Morgan fingerprint density at radius 1 is 1.50 bits per heavy atom. The molecule has 0 bridgehead atoms. The van der Waals surface area contributed by atoms with Crippen LogP contribution in [0.3, 0.4) is 0 Å².